The van der Waals surface area contributed by atoms with Crippen molar-refractivity contribution in [3.8, 4) is 5.88 Å². The lowest BCUT2D eigenvalue weighted by Gasteiger charge is -2.14. The van der Waals surface area contributed by atoms with Gasteiger partial charge in [0.15, 0.2) is 5.96 Å². The molecular formula is C18H25IN4O. The molecule has 0 atom stereocenters. The Labute approximate surface area is 161 Å². The zero-order chi connectivity index (χ0) is 16.3. The zero-order valence-corrected chi connectivity index (χ0v) is 16.5. The van der Waals surface area contributed by atoms with Gasteiger partial charge in [-0.3, -0.25) is 4.99 Å². The molecule has 0 bridgehead atoms. The van der Waals surface area contributed by atoms with Crippen LogP contribution in [-0.4, -0.2) is 24.6 Å². The molecule has 2 N–H and O–H groups in total. The minimum absolute atomic E-state index is 0. The third-order valence-electron chi connectivity index (χ3n) is 3.27. The van der Waals surface area contributed by atoms with E-state index in [-0.39, 0.29) is 24.0 Å². The zero-order valence-electron chi connectivity index (χ0n) is 14.2. The van der Waals surface area contributed by atoms with Gasteiger partial charge in [0.2, 0.25) is 5.88 Å². The number of ether oxygens (including phenoxy) is 1. The van der Waals surface area contributed by atoms with Crippen LogP contribution in [-0.2, 0) is 13.1 Å². The van der Waals surface area contributed by atoms with E-state index in [4.69, 9.17) is 4.74 Å². The summed E-state index contributed by atoms with van der Waals surface area (Å²) in [4.78, 5) is 8.53. The van der Waals surface area contributed by atoms with Crippen LogP contribution in [0.4, 0.5) is 0 Å². The number of pyridine rings is 1. The number of aliphatic imine (C=N–C) groups is 1. The van der Waals surface area contributed by atoms with Crippen LogP contribution in [0.2, 0.25) is 0 Å². The van der Waals surface area contributed by atoms with Crippen molar-refractivity contribution < 1.29 is 4.74 Å². The lowest BCUT2D eigenvalue weighted by Crippen LogP contribution is -2.36. The first-order valence-electron chi connectivity index (χ1n) is 7.88. The Morgan fingerprint density at radius 1 is 1.08 bits per heavy atom. The molecule has 1 heterocycles. The SMILES string of the molecule is CCCOc1ncccc1CNC(=NC)NCc1ccccc1.I. The molecule has 0 spiro atoms. The van der Waals surface area contributed by atoms with E-state index in [1.54, 1.807) is 13.2 Å². The van der Waals surface area contributed by atoms with Gasteiger partial charge in [0.05, 0.1) is 6.61 Å². The summed E-state index contributed by atoms with van der Waals surface area (Å²) in [5, 5.41) is 6.59. The van der Waals surface area contributed by atoms with E-state index in [2.05, 4.69) is 39.7 Å². The topological polar surface area (TPSA) is 58.5 Å². The third kappa shape index (κ3) is 6.74. The molecule has 0 fully saturated rings. The number of guanidine groups is 1. The largest absolute Gasteiger partial charge is 0.477 e. The van der Waals surface area contributed by atoms with E-state index in [0.29, 0.717) is 19.0 Å². The monoisotopic (exact) mass is 440 g/mol. The van der Waals surface area contributed by atoms with Gasteiger partial charge in [-0.1, -0.05) is 43.3 Å². The van der Waals surface area contributed by atoms with Gasteiger partial charge in [-0.2, -0.15) is 0 Å². The Hall–Kier alpha value is -1.83. The Morgan fingerprint density at radius 2 is 1.83 bits per heavy atom. The molecule has 0 unspecified atom stereocenters. The van der Waals surface area contributed by atoms with Crippen LogP contribution in [0.15, 0.2) is 53.7 Å². The predicted molar refractivity (Wildman–Crippen MR) is 109 cm³/mol. The van der Waals surface area contributed by atoms with Crippen molar-refractivity contribution >= 4 is 29.9 Å². The smallest absolute Gasteiger partial charge is 0.218 e. The standard InChI is InChI=1S/C18H24N4O.HI/c1-3-12-23-17-16(10-7-11-20-17)14-22-18(19-2)21-13-15-8-5-4-6-9-15;/h4-11H,3,12-14H2,1-2H3,(H2,19,21,22);1H. The first kappa shape index (κ1) is 20.2. The van der Waals surface area contributed by atoms with Crippen LogP contribution in [0.3, 0.4) is 0 Å². The highest BCUT2D eigenvalue weighted by atomic mass is 127. The molecule has 0 saturated carbocycles. The van der Waals surface area contributed by atoms with E-state index < -0.39 is 0 Å². The van der Waals surface area contributed by atoms with Crippen LogP contribution in [0, 0.1) is 0 Å². The van der Waals surface area contributed by atoms with Gasteiger partial charge in [-0.15, -0.1) is 24.0 Å². The number of rotatable bonds is 7. The Balaban J connectivity index is 0.00000288. The number of hydrogen-bond donors (Lipinski definition) is 2. The van der Waals surface area contributed by atoms with Crippen molar-refractivity contribution in [2.24, 2.45) is 4.99 Å². The molecule has 0 amide bonds. The second-order valence-corrected chi connectivity index (χ2v) is 5.08. The predicted octanol–water partition coefficient (Wildman–Crippen LogP) is 3.35. The highest BCUT2D eigenvalue weighted by Crippen LogP contribution is 2.14. The Morgan fingerprint density at radius 3 is 2.54 bits per heavy atom. The number of hydrogen-bond acceptors (Lipinski definition) is 3. The van der Waals surface area contributed by atoms with E-state index in [0.717, 1.165) is 24.5 Å². The number of benzene rings is 1. The maximum atomic E-state index is 5.67. The lowest BCUT2D eigenvalue weighted by molar-refractivity contribution is 0.301. The summed E-state index contributed by atoms with van der Waals surface area (Å²) in [6.07, 6.45) is 2.71. The van der Waals surface area contributed by atoms with E-state index >= 15 is 0 Å². The molecule has 130 valence electrons. The van der Waals surface area contributed by atoms with Gasteiger partial charge >= 0.3 is 0 Å². The van der Waals surface area contributed by atoms with E-state index in [1.165, 1.54) is 5.56 Å². The third-order valence-corrected chi connectivity index (χ3v) is 3.27. The van der Waals surface area contributed by atoms with Gasteiger partial charge in [-0.25, -0.2) is 4.98 Å². The molecular weight excluding hydrogens is 415 g/mol. The van der Waals surface area contributed by atoms with E-state index in [1.807, 2.05) is 30.3 Å². The van der Waals surface area contributed by atoms with Gasteiger partial charge in [-0.05, 0) is 18.1 Å². The second kappa shape index (κ2) is 11.7. The normalized spacial score (nSPS) is 10.7. The van der Waals surface area contributed by atoms with Crippen LogP contribution in [0.5, 0.6) is 5.88 Å². The lowest BCUT2D eigenvalue weighted by atomic mass is 10.2. The number of halogens is 1. The number of nitrogens with zero attached hydrogens (tertiary/aromatic N) is 2. The molecule has 0 aliphatic carbocycles. The van der Waals surface area contributed by atoms with Crippen molar-refractivity contribution in [1.29, 1.82) is 0 Å². The number of nitrogens with one attached hydrogen (secondary N) is 2. The number of aromatic nitrogens is 1. The van der Waals surface area contributed by atoms with Gasteiger partial charge in [0.1, 0.15) is 0 Å². The summed E-state index contributed by atoms with van der Waals surface area (Å²) in [7, 11) is 1.76. The fraction of sp³-hybridized carbons (Fsp3) is 0.333. The molecule has 0 aliphatic heterocycles. The maximum Gasteiger partial charge on any atom is 0.218 e. The Bertz CT molecular complexity index is 619. The van der Waals surface area contributed by atoms with Crippen molar-refractivity contribution in [3.05, 3.63) is 59.8 Å². The summed E-state index contributed by atoms with van der Waals surface area (Å²) < 4.78 is 5.67. The first-order chi connectivity index (χ1) is 11.3. The van der Waals surface area contributed by atoms with Crippen molar-refractivity contribution in [1.82, 2.24) is 15.6 Å². The summed E-state index contributed by atoms with van der Waals surface area (Å²) in [5.74, 6) is 1.43. The maximum absolute atomic E-state index is 5.67. The molecule has 5 nitrogen and oxygen atoms in total. The van der Waals surface area contributed by atoms with Crippen LogP contribution in [0.1, 0.15) is 24.5 Å². The molecule has 2 aromatic rings. The summed E-state index contributed by atoms with van der Waals surface area (Å²) in [5.41, 5.74) is 2.23. The van der Waals surface area contributed by atoms with Gasteiger partial charge < -0.3 is 15.4 Å². The highest BCUT2D eigenvalue weighted by molar-refractivity contribution is 14.0. The fourth-order valence-corrected chi connectivity index (χ4v) is 2.07. The molecule has 0 radical (unpaired) electrons. The van der Waals surface area contributed by atoms with Crippen molar-refractivity contribution in [2.45, 2.75) is 26.4 Å². The summed E-state index contributed by atoms with van der Waals surface area (Å²) >= 11 is 0. The van der Waals surface area contributed by atoms with Crippen LogP contribution < -0.4 is 15.4 Å². The average molecular weight is 440 g/mol. The molecule has 24 heavy (non-hydrogen) atoms. The summed E-state index contributed by atoms with van der Waals surface area (Å²) in [6, 6.07) is 14.2. The van der Waals surface area contributed by atoms with Gasteiger partial charge in [0, 0.05) is 31.9 Å². The molecule has 2 rings (SSSR count). The van der Waals surface area contributed by atoms with Crippen LogP contribution in [0.25, 0.3) is 0 Å². The average Bonchev–Trinajstić information content (AvgIpc) is 2.61. The first-order valence-corrected chi connectivity index (χ1v) is 7.88. The molecule has 1 aromatic heterocycles. The van der Waals surface area contributed by atoms with Gasteiger partial charge in [0.25, 0.3) is 0 Å². The van der Waals surface area contributed by atoms with Crippen LogP contribution >= 0.6 is 24.0 Å². The molecule has 0 saturated heterocycles. The highest BCUT2D eigenvalue weighted by Gasteiger charge is 2.05. The minimum Gasteiger partial charge on any atom is -0.477 e. The van der Waals surface area contributed by atoms with E-state index in [9.17, 15) is 0 Å². The Kier molecular flexibility index (Phi) is 9.83. The molecule has 6 heteroatoms. The molecule has 1 aromatic carbocycles. The second-order valence-electron chi connectivity index (χ2n) is 5.08. The molecule has 0 aliphatic rings. The minimum atomic E-state index is 0. The van der Waals surface area contributed by atoms with Crippen molar-refractivity contribution in [3.63, 3.8) is 0 Å². The summed E-state index contributed by atoms with van der Waals surface area (Å²) in [6.45, 7) is 4.09. The quantitative estimate of drug-likeness (QED) is 0.394. The fourth-order valence-electron chi connectivity index (χ4n) is 2.07. The van der Waals surface area contributed by atoms with Crippen molar-refractivity contribution in [2.75, 3.05) is 13.7 Å².